The molecular weight excluding hydrogens is 475 g/mol. The zero-order valence-electron chi connectivity index (χ0n) is 16.9. The van der Waals surface area contributed by atoms with Gasteiger partial charge < -0.3 is 10.6 Å². The van der Waals surface area contributed by atoms with Crippen molar-refractivity contribution < 1.29 is 8.42 Å². The number of guanidine groups is 1. The van der Waals surface area contributed by atoms with E-state index in [0.29, 0.717) is 6.54 Å². The lowest BCUT2D eigenvalue weighted by atomic mass is 9.87. The maximum absolute atomic E-state index is 11.5. The van der Waals surface area contributed by atoms with Crippen LogP contribution < -0.4 is 15.8 Å². The Balaban J connectivity index is 0.00000676. The minimum absolute atomic E-state index is 0. The first kappa shape index (κ1) is 26.1. The van der Waals surface area contributed by atoms with Crippen molar-refractivity contribution in [2.75, 3.05) is 13.1 Å². The monoisotopic (exact) mass is 510 g/mol. The largest absolute Gasteiger partial charge is 0.357 e. The molecule has 0 fully saturated rings. The topological polar surface area (TPSA) is 96.6 Å². The number of hydrogen-bond donors (Lipinski definition) is 3. The summed E-state index contributed by atoms with van der Waals surface area (Å²) in [5.74, 6) is 0.733. The number of nitrogens with two attached hydrogens (primary N) is 1. The van der Waals surface area contributed by atoms with Gasteiger partial charge in [0.25, 0.3) is 0 Å². The van der Waals surface area contributed by atoms with Gasteiger partial charge in [-0.3, -0.25) is 0 Å². The first-order valence-electron chi connectivity index (χ1n) is 9.32. The van der Waals surface area contributed by atoms with E-state index in [1.54, 1.807) is 12.1 Å². The first-order chi connectivity index (χ1) is 12.2. The molecule has 0 radical (unpaired) electrons. The van der Waals surface area contributed by atoms with E-state index in [-0.39, 0.29) is 34.3 Å². The van der Waals surface area contributed by atoms with E-state index < -0.39 is 10.0 Å². The Morgan fingerprint density at radius 3 is 2.48 bits per heavy atom. The van der Waals surface area contributed by atoms with Gasteiger partial charge in [0.2, 0.25) is 10.0 Å². The van der Waals surface area contributed by atoms with E-state index in [1.807, 2.05) is 13.0 Å². The van der Waals surface area contributed by atoms with Crippen LogP contribution in [0.2, 0.25) is 0 Å². The number of nitrogens with one attached hydrogen (secondary N) is 2. The third kappa shape index (κ3) is 10.9. The predicted molar refractivity (Wildman–Crippen MR) is 124 cm³/mol. The lowest BCUT2D eigenvalue weighted by Crippen LogP contribution is -2.42. The van der Waals surface area contributed by atoms with Crippen molar-refractivity contribution in [1.29, 1.82) is 0 Å². The van der Waals surface area contributed by atoms with Gasteiger partial charge in [-0.05, 0) is 36.5 Å². The Labute approximate surface area is 181 Å². The third-order valence-electron chi connectivity index (χ3n) is 4.18. The fourth-order valence-corrected chi connectivity index (χ4v) is 3.18. The summed E-state index contributed by atoms with van der Waals surface area (Å²) in [6, 6.07) is 6.58. The number of unbranched alkanes of at least 4 members (excludes halogenated alkanes) is 2. The van der Waals surface area contributed by atoms with Crippen LogP contribution in [0.3, 0.4) is 0 Å². The molecule has 0 atom stereocenters. The van der Waals surface area contributed by atoms with Crippen molar-refractivity contribution >= 4 is 40.0 Å². The van der Waals surface area contributed by atoms with E-state index in [1.165, 1.54) is 31.7 Å². The van der Waals surface area contributed by atoms with Gasteiger partial charge in [-0.15, -0.1) is 24.0 Å². The number of nitrogens with zero attached hydrogens (tertiary/aromatic N) is 1. The maximum Gasteiger partial charge on any atom is 0.238 e. The van der Waals surface area contributed by atoms with Gasteiger partial charge in [-0.2, -0.15) is 0 Å². The molecule has 0 bridgehead atoms. The third-order valence-corrected chi connectivity index (χ3v) is 5.09. The second-order valence-corrected chi connectivity index (χ2v) is 8.92. The SMILES string of the molecule is CCCCCC(C)(C)CNC(=NCc1cccc(S(N)(=O)=O)c1)NCC.I. The average Bonchev–Trinajstić information content (AvgIpc) is 2.57. The lowest BCUT2D eigenvalue weighted by Gasteiger charge is -2.26. The smallest absolute Gasteiger partial charge is 0.238 e. The molecule has 8 heteroatoms. The Kier molecular flexibility index (Phi) is 12.2. The quantitative estimate of drug-likeness (QED) is 0.194. The van der Waals surface area contributed by atoms with Gasteiger partial charge in [-0.1, -0.05) is 52.2 Å². The van der Waals surface area contributed by atoms with Gasteiger partial charge in [0, 0.05) is 13.1 Å². The molecule has 0 aromatic heterocycles. The highest BCUT2D eigenvalue weighted by Crippen LogP contribution is 2.22. The van der Waals surface area contributed by atoms with Crippen molar-refractivity contribution in [3.8, 4) is 0 Å². The standard InChI is InChI=1S/C19H34N4O2S.HI/c1-5-7-8-12-19(3,4)15-23-18(21-6-2)22-14-16-10-9-11-17(13-16)26(20,24)25;/h9-11,13H,5-8,12,14-15H2,1-4H3,(H2,20,24,25)(H2,21,22,23);1H. The van der Waals surface area contributed by atoms with Crippen LogP contribution in [0.25, 0.3) is 0 Å². The molecule has 0 aliphatic rings. The molecule has 1 rings (SSSR count). The highest BCUT2D eigenvalue weighted by atomic mass is 127. The molecule has 0 amide bonds. The molecule has 0 aliphatic heterocycles. The van der Waals surface area contributed by atoms with Crippen molar-refractivity contribution in [2.45, 2.75) is 64.8 Å². The molecule has 0 aliphatic carbocycles. The summed E-state index contributed by atoms with van der Waals surface area (Å²) in [6.45, 7) is 10.7. The van der Waals surface area contributed by atoms with Crippen molar-refractivity contribution in [3.05, 3.63) is 29.8 Å². The van der Waals surface area contributed by atoms with E-state index in [0.717, 1.165) is 24.6 Å². The second-order valence-electron chi connectivity index (χ2n) is 7.36. The van der Waals surface area contributed by atoms with E-state index in [4.69, 9.17) is 5.14 Å². The van der Waals surface area contributed by atoms with Crippen LogP contribution in [0.1, 0.15) is 58.9 Å². The number of benzene rings is 1. The molecular formula is C19H35IN4O2S. The summed E-state index contributed by atoms with van der Waals surface area (Å²) < 4.78 is 22.9. The van der Waals surface area contributed by atoms with Crippen LogP contribution in [0.4, 0.5) is 0 Å². The Morgan fingerprint density at radius 2 is 1.89 bits per heavy atom. The fourth-order valence-electron chi connectivity index (χ4n) is 2.60. The molecule has 0 saturated heterocycles. The summed E-state index contributed by atoms with van der Waals surface area (Å²) in [5, 5.41) is 11.8. The Bertz CT molecular complexity index is 691. The normalized spacial score (nSPS) is 12.4. The van der Waals surface area contributed by atoms with E-state index in [2.05, 4.69) is 36.4 Å². The fraction of sp³-hybridized carbons (Fsp3) is 0.632. The highest BCUT2D eigenvalue weighted by molar-refractivity contribution is 14.0. The van der Waals surface area contributed by atoms with Crippen LogP contribution in [0, 0.1) is 5.41 Å². The van der Waals surface area contributed by atoms with Gasteiger partial charge in [0.05, 0.1) is 11.4 Å². The van der Waals surface area contributed by atoms with Crippen molar-refractivity contribution in [3.63, 3.8) is 0 Å². The van der Waals surface area contributed by atoms with Gasteiger partial charge >= 0.3 is 0 Å². The zero-order chi connectivity index (χ0) is 19.6. The summed E-state index contributed by atoms with van der Waals surface area (Å²) in [4.78, 5) is 4.68. The van der Waals surface area contributed by atoms with Crippen LogP contribution in [0.5, 0.6) is 0 Å². The molecule has 1 aromatic rings. The molecule has 1 aromatic carbocycles. The van der Waals surface area contributed by atoms with Crippen molar-refractivity contribution in [2.24, 2.45) is 15.5 Å². The molecule has 6 nitrogen and oxygen atoms in total. The summed E-state index contributed by atoms with van der Waals surface area (Å²) >= 11 is 0. The number of hydrogen-bond acceptors (Lipinski definition) is 3. The van der Waals surface area contributed by atoms with Crippen LogP contribution in [0.15, 0.2) is 34.2 Å². The molecule has 0 unspecified atom stereocenters. The Hall–Kier alpha value is -0.870. The average molecular weight is 510 g/mol. The number of sulfonamides is 1. The van der Waals surface area contributed by atoms with E-state index >= 15 is 0 Å². The molecule has 0 heterocycles. The first-order valence-corrected chi connectivity index (χ1v) is 10.9. The Morgan fingerprint density at radius 1 is 1.19 bits per heavy atom. The number of rotatable bonds is 10. The van der Waals surface area contributed by atoms with Crippen molar-refractivity contribution in [1.82, 2.24) is 10.6 Å². The molecule has 156 valence electrons. The molecule has 27 heavy (non-hydrogen) atoms. The predicted octanol–water partition coefficient (Wildman–Crippen LogP) is 3.61. The summed E-state index contributed by atoms with van der Waals surface area (Å²) in [7, 11) is -3.69. The zero-order valence-corrected chi connectivity index (χ0v) is 20.1. The van der Waals surface area contributed by atoms with Crippen LogP contribution >= 0.6 is 24.0 Å². The lowest BCUT2D eigenvalue weighted by molar-refractivity contribution is 0.318. The van der Waals surface area contributed by atoms with Gasteiger partial charge in [-0.25, -0.2) is 18.5 Å². The van der Waals surface area contributed by atoms with Crippen LogP contribution in [-0.2, 0) is 16.6 Å². The molecule has 0 saturated carbocycles. The minimum atomic E-state index is -3.69. The second kappa shape index (κ2) is 12.6. The van der Waals surface area contributed by atoms with Crippen LogP contribution in [-0.4, -0.2) is 27.5 Å². The summed E-state index contributed by atoms with van der Waals surface area (Å²) in [5.41, 5.74) is 0.995. The van der Waals surface area contributed by atoms with Gasteiger partial charge in [0.1, 0.15) is 0 Å². The van der Waals surface area contributed by atoms with Gasteiger partial charge in [0.15, 0.2) is 5.96 Å². The van der Waals surface area contributed by atoms with E-state index in [9.17, 15) is 8.42 Å². The molecule has 0 spiro atoms. The number of aliphatic imine (C=N–C) groups is 1. The highest BCUT2D eigenvalue weighted by Gasteiger charge is 2.17. The number of primary sulfonamides is 1. The molecule has 4 N–H and O–H groups in total. The minimum Gasteiger partial charge on any atom is -0.357 e. The number of halogens is 1. The summed E-state index contributed by atoms with van der Waals surface area (Å²) in [6.07, 6.45) is 4.89. The maximum atomic E-state index is 11.5.